The molecule has 1 heterocycles. The third-order valence-electron chi connectivity index (χ3n) is 5.09. The van der Waals surface area contributed by atoms with Gasteiger partial charge in [0.05, 0.1) is 5.39 Å². The molecule has 4 aromatic rings. The van der Waals surface area contributed by atoms with Gasteiger partial charge in [-0.15, -0.1) is 0 Å². The number of carbonyl (C=O) groups excluding carboxylic acids is 2. The van der Waals surface area contributed by atoms with E-state index in [1.165, 1.54) is 13.0 Å². The highest BCUT2D eigenvalue weighted by atomic mass is 19.1. The number of aliphatic hydroxyl groups excluding tert-OH is 1. The average molecular weight is 452 g/mol. The van der Waals surface area contributed by atoms with E-state index in [1.807, 2.05) is 0 Å². The molecule has 0 aliphatic heterocycles. The molecule has 0 saturated heterocycles. The van der Waals surface area contributed by atoms with Crippen LogP contribution in [0.15, 0.2) is 69.9 Å². The van der Waals surface area contributed by atoms with Crippen molar-refractivity contribution in [2.45, 2.75) is 19.1 Å². The first-order chi connectivity index (χ1) is 15.7. The van der Waals surface area contributed by atoms with Gasteiger partial charge in [0.1, 0.15) is 23.3 Å². The molecule has 3 aromatic carbocycles. The van der Waals surface area contributed by atoms with Gasteiger partial charge in [0.25, 0.3) is 5.91 Å². The molecule has 3 N–H and O–H groups in total. The van der Waals surface area contributed by atoms with Crippen LogP contribution in [0.1, 0.15) is 18.6 Å². The second kappa shape index (κ2) is 8.79. The lowest BCUT2D eigenvalue weighted by Gasteiger charge is -2.17. The van der Waals surface area contributed by atoms with Crippen molar-refractivity contribution in [1.82, 2.24) is 5.32 Å². The number of nitrogens with one attached hydrogen (secondary N) is 2. The van der Waals surface area contributed by atoms with Crippen LogP contribution in [0.4, 0.5) is 14.5 Å². The van der Waals surface area contributed by atoms with Crippen LogP contribution in [0.3, 0.4) is 0 Å². The number of anilines is 1. The first-order valence-corrected chi connectivity index (χ1v) is 9.94. The standard InChI is InChI=1S/C24H18F2N2O5/c1-12(27-23(31)21(29)13-8-14(25)10-15(26)9-13)22(30)28-16-6-7-20-19(11-16)17-4-2-3-5-18(17)24(32)33-20/h2-12,21,29H,1H3,(H,27,31)(H,28,30)/t12-,21?/m0/s1. The molecule has 0 radical (unpaired) electrons. The fourth-order valence-electron chi connectivity index (χ4n) is 3.45. The molecule has 1 unspecified atom stereocenters. The molecule has 0 bridgehead atoms. The van der Waals surface area contributed by atoms with Crippen LogP contribution >= 0.6 is 0 Å². The number of aliphatic hydroxyl groups is 1. The minimum atomic E-state index is -1.86. The number of rotatable bonds is 5. The van der Waals surface area contributed by atoms with E-state index in [2.05, 4.69) is 10.6 Å². The maximum Gasteiger partial charge on any atom is 0.344 e. The van der Waals surface area contributed by atoms with Crippen LogP contribution in [-0.4, -0.2) is 23.0 Å². The Hall–Kier alpha value is -4.11. The third kappa shape index (κ3) is 4.58. The fourth-order valence-corrected chi connectivity index (χ4v) is 3.45. The Morgan fingerprint density at radius 1 is 0.909 bits per heavy atom. The van der Waals surface area contributed by atoms with Crippen molar-refractivity contribution >= 4 is 39.2 Å². The maximum absolute atomic E-state index is 13.3. The second-order valence-corrected chi connectivity index (χ2v) is 7.47. The number of halogens is 2. The summed E-state index contributed by atoms with van der Waals surface area (Å²) in [5, 5.41) is 16.7. The molecular weight excluding hydrogens is 434 g/mol. The number of amides is 2. The average Bonchev–Trinajstić information content (AvgIpc) is 2.78. The molecule has 4 rings (SSSR count). The molecule has 0 saturated carbocycles. The van der Waals surface area contributed by atoms with Crippen LogP contribution in [0.5, 0.6) is 0 Å². The lowest BCUT2D eigenvalue weighted by Crippen LogP contribution is -2.43. The van der Waals surface area contributed by atoms with Gasteiger partial charge in [0.2, 0.25) is 5.91 Å². The highest BCUT2D eigenvalue weighted by molar-refractivity contribution is 6.06. The first-order valence-electron chi connectivity index (χ1n) is 9.94. The lowest BCUT2D eigenvalue weighted by molar-refractivity contribution is -0.132. The molecule has 0 fully saturated rings. The number of fused-ring (bicyclic) bond motifs is 3. The second-order valence-electron chi connectivity index (χ2n) is 7.47. The molecule has 2 atom stereocenters. The summed E-state index contributed by atoms with van der Waals surface area (Å²) in [4.78, 5) is 36.9. The molecule has 168 valence electrons. The molecule has 1 aromatic heterocycles. The number of benzene rings is 3. The van der Waals surface area contributed by atoms with Gasteiger partial charge in [0, 0.05) is 17.1 Å². The normalized spacial score (nSPS) is 13.0. The van der Waals surface area contributed by atoms with Crippen LogP contribution in [0, 0.1) is 11.6 Å². The van der Waals surface area contributed by atoms with Crippen molar-refractivity contribution in [3.63, 3.8) is 0 Å². The third-order valence-corrected chi connectivity index (χ3v) is 5.09. The summed E-state index contributed by atoms with van der Waals surface area (Å²) in [6, 6.07) is 12.8. The smallest absolute Gasteiger partial charge is 0.344 e. The zero-order valence-electron chi connectivity index (χ0n) is 17.3. The Morgan fingerprint density at radius 2 is 1.58 bits per heavy atom. The summed E-state index contributed by atoms with van der Waals surface area (Å²) in [5.74, 6) is -3.47. The number of hydrogen-bond acceptors (Lipinski definition) is 5. The van der Waals surface area contributed by atoms with Gasteiger partial charge in [-0.2, -0.15) is 0 Å². The zero-order chi connectivity index (χ0) is 23.7. The van der Waals surface area contributed by atoms with Gasteiger partial charge in [0.15, 0.2) is 6.10 Å². The molecule has 33 heavy (non-hydrogen) atoms. The number of carbonyl (C=O) groups is 2. The van der Waals surface area contributed by atoms with Gasteiger partial charge in [-0.05, 0) is 54.3 Å². The van der Waals surface area contributed by atoms with E-state index in [9.17, 15) is 28.3 Å². The fraction of sp³-hybridized carbons (Fsp3) is 0.125. The van der Waals surface area contributed by atoms with E-state index < -0.39 is 41.2 Å². The molecule has 0 aliphatic rings. The Morgan fingerprint density at radius 3 is 2.27 bits per heavy atom. The molecule has 2 amide bonds. The Kier molecular flexibility index (Phi) is 5.89. The van der Waals surface area contributed by atoms with Gasteiger partial charge in [-0.3, -0.25) is 9.59 Å². The first kappa shape index (κ1) is 22.1. The van der Waals surface area contributed by atoms with Crippen LogP contribution in [-0.2, 0) is 9.59 Å². The van der Waals surface area contributed by atoms with Crippen molar-refractivity contribution in [2.24, 2.45) is 0 Å². The molecule has 9 heteroatoms. The highest BCUT2D eigenvalue weighted by Gasteiger charge is 2.23. The monoisotopic (exact) mass is 452 g/mol. The van der Waals surface area contributed by atoms with Crippen molar-refractivity contribution in [3.05, 3.63) is 88.3 Å². The van der Waals surface area contributed by atoms with Crippen molar-refractivity contribution in [3.8, 4) is 0 Å². The lowest BCUT2D eigenvalue weighted by atomic mass is 10.1. The molecular formula is C24H18F2N2O5. The zero-order valence-corrected chi connectivity index (χ0v) is 17.3. The van der Waals surface area contributed by atoms with Gasteiger partial charge in [-0.25, -0.2) is 13.6 Å². The van der Waals surface area contributed by atoms with E-state index in [-0.39, 0.29) is 5.56 Å². The van der Waals surface area contributed by atoms with Crippen molar-refractivity contribution < 1.29 is 27.9 Å². The summed E-state index contributed by atoms with van der Waals surface area (Å²) >= 11 is 0. The van der Waals surface area contributed by atoms with Crippen LogP contribution in [0.25, 0.3) is 21.7 Å². The molecule has 7 nitrogen and oxygen atoms in total. The Labute approximate surface area is 185 Å². The Bertz CT molecular complexity index is 1430. The van der Waals surface area contributed by atoms with Gasteiger partial charge < -0.3 is 20.2 Å². The minimum Gasteiger partial charge on any atom is -0.422 e. The van der Waals surface area contributed by atoms with Crippen molar-refractivity contribution in [1.29, 1.82) is 0 Å². The van der Waals surface area contributed by atoms with E-state index in [0.717, 1.165) is 12.1 Å². The molecule has 0 spiro atoms. The summed E-state index contributed by atoms with van der Waals surface area (Å²) < 4.78 is 32.0. The minimum absolute atomic E-state index is 0.277. The van der Waals surface area contributed by atoms with Crippen LogP contribution < -0.4 is 16.3 Å². The van der Waals surface area contributed by atoms with E-state index >= 15 is 0 Å². The van der Waals surface area contributed by atoms with E-state index in [1.54, 1.807) is 36.4 Å². The van der Waals surface area contributed by atoms with E-state index in [0.29, 0.717) is 33.5 Å². The van der Waals surface area contributed by atoms with Crippen molar-refractivity contribution in [2.75, 3.05) is 5.32 Å². The SMILES string of the molecule is C[C@H](NC(=O)C(O)c1cc(F)cc(F)c1)C(=O)Nc1ccc2oc(=O)c3ccccc3c2c1. The number of hydrogen-bond donors (Lipinski definition) is 3. The highest BCUT2D eigenvalue weighted by Crippen LogP contribution is 2.25. The maximum atomic E-state index is 13.3. The molecule has 0 aliphatic carbocycles. The summed E-state index contributed by atoms with van der Waals surface area (Å²) in [7, 11) is 0. The van der Waals surface area contributed by atoms with E-state index in [4.69, 9.17) is 4.42 Å². The quantitative estimate of drug-likeness (QED) is 0.318. The largest absolute Gasteiger partial charge is 0.422 e. The summed E-state index contributed by atoms with van der Waals surface area (Å²) in [6.45, 7) is 1.39. The van der Waals surface area contributed by atoms with Gasteiger partial charge >= 0.3 is 5.63 Å². The van der Waals surface area contributed by atoms with Crippen LogP contribution in [0.2, 0.25) is 0 Å². The van der Waals surface area contributed by atoms with Gasteiger partial charge in [-0.1, -0.05) is 18.2 Å². The predicted molar refractivity (Wildman–Crippen MR) is 118 cm³/mol. The predicted octanol–water partition coefficient (Wildman–Crippen LogP) is 3.40. The summed E-state index contributed by atoms with van der Waals surface area (Å²) in [5.41, 5.74) is -0.00712. The summed E-state index contributed by atoms with van der Waals surface area (Å²) in [6.07, 6.45) is -1.86. The Balaban J connectivity index is 1.50. The topological polar surface area (TPSA) is 109 Å².